The van der Waals surface area contributed by atoms with Crippen LogP contribution in [0.4, 0.5) is 11.5 Å². The van der Waals surface area contributed by atoms with Gasteiger partial charge in [-0.15, -0.1) is 5.10 Å². The summed E-state index contributed by atoms with van der Waals surface area (Å²) in [6.45, 7) is 1.94. The third kappa shape index (κ3) is 3.00. The highest BCUT2D eigenvalue weighted by Gasteiger charge is 2.46. The number of rotatable bonds is 3. The van der Waals surface area contributed by atoms with Crippen LogP contribution in [0.25, 0.3) is 5.69 Å². The molecular weight excluding hydrogens is 457 g/mol. The molecule has 164 valence electrons. The molecule has 1 amide bonds. The fraction of sp³-hybridized carbons (Fsp3) is 0.238. The van der Waals surface area contributed by atoms with E-state index in [1.54, 1.807) is 6.07 Å². The van der Waals surface area contributed by atoms with Gasteiger partial charge in [0.25, 0.3) is 5.56 Å². The molecule has 0 saturated carbocycles. The average molecular weight is 474 g/mol. The molecule has 1 aliphatic carbocycles. The molecule has 1 aromatic heterocycles. The Labute approximate surface area is 191 Å². The number of hydrogen-bond donors (Lipinski definition) is 3. The van der Waals surface area contributed by atoms with Crippen molar-refractivity contribution in [3.8, 4) is 17.2 Å². The molecule has 1 atom stereocenters. The van der Waals surface area contributed by atoms with Crippen molar-refractivity contribution in [3.63, 3.8) is 0 Å². The van der Waals surface area contributed by atoms with E-state index in [1.165, 1.54) is 12.1 Å². The number of halogens is 2. The molecule has 0 spiro atoms. The molecule has 32 heavy (non-hydrogen) atoms. The smallest absolute Gasteiger partial charge is 0.349 e. The standard InChI is InChI=1S/C21H17Cl2N5O4/c1-21-6-2-3-10-14(5-4-13(15(10)21)25-19(21)30)32-16-11(22)7-9(8-12(16)23)28-20(31)26-18(29)17(24)27-28/h4-5,7-8H,2-3,6H2,1H3,(H2,24,27)(H,25,30)(H,26,29,31). The van der Waals surface area contributed by atoms with Gasteiger partial charge in [0.05, 0.1) is 21.1 Å². The van der Waals surface area contributed by atoms with E-state index in [0.29, 0.717) is 5.75 Å². The van der Waals surface area contributed by atoms with Gasteiger partial charge < -0.3 is 15.8 Å². The Balaban J connectivity index is 1.57. The van der Waals surface area contributed by atoms with Crippen LogP contribution >= 0.6 is 23.2 Å². The third-order valence-electron chi connectivity index (χ3n) is 5.97. The van der Waals surface area contributed by atoms with Gasteiger partial charge >= 0.3 is 5.69 Å². The Kier molecular flexibility index (Phi) is 4.58. The molecule has 2 heterocycles. The van der Waals surface area contributed by atoms with Crippen LogP contribution in [0.2, 0.25) is 10.0 Å². The summed E-state index contributed by atoms with van der Waals surface area (Å²) in [5.41, 5.74) is 6.26. The van der Waals surface area contributed by atoms with Gasteiger partial charge in [-0.1, -0.05) is 23.2 Å². The largest absolute Gasteiger partial charge is 0.454 e. The molecule has 0 saturated heterocycles. The Morgan fingerprint density at radius 1 is 1.19 bits per heavy atom. The van der Waals surface area contributed by atoms with Crippen LogP contribution in [0.1, 0.15) is 30.9 Å². The lowest BCUT2D eigenvalue weighted by molar-refractivity contribution is -0.120. The fourth-order valence-corrected chi connectivity index (χ4v) is 4.95. The van der Waals surface area contributed by atoms with E-state index in [-0.39, 0.29) is 33.2 Å². The van der Waals surface area contributed by atoms with Gasteiger partial charge in [0.15, 0.2) is 5.75 Å². The number of nitrogen functional groups attached to an aromatic ring is 1. The summed E-state index contributed by atoms with van der Waals surface area (Å²) in [6, 6.07) is 6.46. The lowest BCUT2D eigenvalue weighted by atomic mass is 9.72. The number of carbonyl (C=O) groups excluding carboxylic acids is 1. The summed E-state index contributed by atoms with van der Waals surface area (Å²) in [5.74, 6) is 0.374. The molecule has 5 rings (SSSR count). The molecule has 4 N–H and O–H groups in total. The number of aromatic amines is 1. The van der Waals surface area contributed by atoms with Crippen LogP contribution in [-0.2, 0) is 16.6 Å². The van der Waals surface area contributed by atoms with Gasteiger partial charge in [-0.25, -0.2) is 4.79 Å². The van der Waals surface area contributed by atoms with Crippen LogP contribution < -0.4 is 27.0 Å². The summed E-state index contributed by atoms with van der Waals surface area (Å²) < 4.78 is 7.01. The zero-order valence-corrected chi connectivity index (χ0v) is 18.3. The van der Waals surface area contributed by atoms with Crippen molar-refractivity contribution >= 4 is 40.6 Å². The first-order chi connectivity index (χ1) is 15.2. The number of anilines is 2. The topological polar surface area (TPSA) is 132 Å². The number of nitrogens with zero attached hydrogens (tertiary/aromatic N) is 2. The second kappa shape index (κ2) is 7.11. The van der Waals surface area contributed by atoms with E-state index in [9.17, 15) is 14.4 Å². The van der Waals surface area contributed by atoms with Gasteiger partial charge in [-0.05, 0) is 56.0 Å². The summed E-state index contributed by atoms with van der Waals surface area (Å²) in [5, 5.41) is 6.99. The lowest BCUT2D eigenvalue weighted by Crippen LogP contribution is -2.34. The van der Waals surface area contributed by atoms with Crippen molar-refractivity contribution in [1.82, 2.24) is 14.8 Å². The first kappa shape index (κ1) is 20.6. The average Bonchev–Trinajstić information content (AvgIpc) is 3.00. The maximum Gasteiger partial charge on any atom is 0.349 e. The number of nitrogens with two attached hydrogens (primary N) is 1. The first-order valence-electron chi connectivity index (χ1n) is 9.83. The minimum atomic E-state index is -0.787. The van der Waals surface area contributed by atoms with E-state index in [4.69, 9.17) is 33.7 Å². The summed E-state index contributed by atoms with van der Waals surface area (Å²) in [6.07, 6.45) is 2.37. The van der Waals surface area contributed by atoms with Gasteiger partial charge in [0, 0.05) is 11.3 Å². The number of nitrogens with one attached hydrogen (secondary N) is 2. The van der Waals surface area contributed by atoms with E-state index < -0.39 is 16.7 Å². The lowest BCUT2D eigenvalue weighted by Gasteiger charge is -2.30. The summed E-state index contributed by atoms with van der Waals surface area (Å²) in [7, 11) is 0. The van der Waals surface area contributed by atoms with Crippen molar-refractivity contribution in [3.05, 3.63) is 66.3 Å². The van der Waals surface area contributed by atoms with E-state index in [0.717, 1.165) is 40.8 Å². The molecule has 11 heteroatoms. The Hall–Kier alpha value is -3.30. The second-order valence-corrected chi connectivity index (χ2v) is 8.82. The van der Waals surface area contributed by atoms with E-state index in [1.807, 2.05) is 13.0 Å². The zero-order valence-electron chi connectivity index (χ0n) is 16.8. The predicted octanol–water partition coefficient (Wildman–Crippen LogP) is 3.15. The molecule has 1 aliphatic heterocycles. The van der Waals surface area contributed by atoms with Crippen molar-refractivity contribution in [2.75, 3.05) is 11.1 Å². The van der Waals surface area contributed by atoms with Crippen molar-refractivity contribution in [2.45, 2.75) is 31.6 Å². The SMILES string of the molecule is CC12CCCc3c(Oc4c(Cl)cc(-n5nc(N)c(=O)[nH]c5=O)cc4Cl)ccc(c31)NC2=O. The Morgan fingerprint density at radius 3 is 2.62 bits per heavy atom. The van der Waals surface area contributed by atoms with Gasteiger partial charge in [-0.2, -0.15) is 4.68 Å². The van der Waals surface area contributed by atoms with Crippen molar-refractivity contribution in [1.29, 1.82) is 0 Å². The summed E-state index contributed by atoms with van der Waals surface area (Å²) >= 11 is 12.9. The number of ether oxygens (including phenoxy) is 1. The molecule has 0 fully saturated rings. The number of hydrogen-bond acceptors (Lipinski definition) is 6. The molecule has 2 aliphatic rings. The molecule has 2 aromatic carbocycles. The normalized spacial score (nSPS) is 18.9. The number of carbonyl (C=O) groups is 1. The summed E-state index contributed by atoms with van der Waals surface area (Å²) in [4.78, 5) is 38.2. The predicted molar refractivity (Wildman–Crippen MR) is 120 cm³/mol. The number of H-pyrrole nitrogens is 1. The highest BCUT2D eigenvalue weighted by Crippen LogP contribution is 2.50. The molecule has 9 nitrogen and oxygen atoms in total. The molecule has 1 unspecified atom stereocenters. The molecule has 0 radical (unpaired) electrons. The Bertz CT molecular complexity index is 1410. The first-order valence-corrected chi connectivity index (χ1v) is 10.6. The molecular formula is C21H17Cl2N5O4. The molecule has 0 bridgehead atoms. The van der Waals surface area contributed by atoms with Gasteiger partial charge in [0.1, 0.15) is 5.75 Å². The van der Waals surface area contributed by atoms with Crippen LogP contribution in [0.3, 0.4) is 0 Å². The quantitative estimate of drug-likeness (QED) is 0.535. The highest BCUT2D eigenvalue weighted by atomic mass is 35.5. The highest BCUT2D eigenvalue weighted by molar-refractivity contribution is 6.37. The number of aromatic nitrogens is 3. The van der Waals surface area contributed by atoms with Gasteiger partial charge in [-0.3, -0.25) is 14.6 Å². The van der Waals surface area contributed by atoms with E-state index >= 15 is 0 Å². The van der Waals surface area contributed by atoms with Gasteiger partial charge in [0.2, 0.25) is 11.7 Å². The minimum Gasteiger partial charge on any atom is -0.454 e. The second-order valence-electron chi connectivity index (χ2n) is 8.00. The van der Waals surface area contributed by atoms with Crippen LogP contribution in [0.5, 0.6) is 11.5 Å². The number of benzene rings is 2. The minimum absolute atomic E-state index is 0.0101. The van der Waals surface area contributed by atoms with Crippen LogP contribution in [0, 0.1) is 0 Å². The van der Waals surface area contributed by atoms with Crippen LogP contribution in [-0.4, -0.2) is 20.7 Å². The van der Waals surface area contributed by atoms with Crippen LogP contribution in [0.15, 0.2) is 33.9 Å². The number of amides is 1. The Morgan fingerprint density at radius 2 is 1.91 bits per heavy atom. The maximum atomic E-state index is 12.5. The zero-order chi connectivity index (χ0) is 22.8. The fourth-order valence-electron chi connectivity index (χ4n) is 4.40. The van der Waals surface area contributed by atoms with Crippen molar-refractivity contribution in [2.24, 2.45) is 0 Å². The monoisotopic (exact) mass is 473 g/mol. The van der Waals surface area contributed by atoms with E-state index in [2.05, 4.69) is 15.4 Å². The molecule has 3 aromatic rings. The maximum absolute atomic E-state index is 12.5. The van der Waals surface area contributed by atoms with Crippen molar-refractivity contribution < 1.29 is 9.53 Å². The third-order valence-corrected chi connectivity index (χ3v) is 6.53.